The molecular weight excluding hydrogens is 357 g/mol. The van der Waals surface area contributed by atoms with Crippen LogP contribution in [0.3, 0.4) is 0 Å². The SMILES string of the molecule is Cc1ccc(C)c(C(=O)Nc2nn(Cc3ccc(Cl)cc3)cc2Cl)c1. The van der Waals surface area contributed by atoms with Gasteiger partial charge in [-0.15, -0.1) is 0 Å². The number of hydrogen-bond acceptors (Lipinski definition) is 2. The van der Waals surface area contributed by atoms with Gasteiger partial charge in [0.25, 0.3) is 5.91 Å². The van der Waals surface area contributed by atoms with E-state index in [2.05, 4.69) is 10.4 Å². The average molecular weight is 374 g/mol. The van der Waals surface area contributed by atoms with Crippen LogP contribution in [0.25, 0.3) is 0 Å². The number of aromatic nitrogens is 2. The summed E-state index contributed by atoms with van der Waals surface area (Å²) in [5.74, 6) is 0.126. The Bertz CT molecular complexity index is 917. The number of anilines is 1. The van der Waals surface area contributed by atoms with Crippen LogP contribution in [0.1, 0.15) is 27.0 Å². The normalized spacial score (nSPS) is 10.7. The van der Waals surface area contributed by atoms with Crippen LogP contribution in [0.15, 0.2) is 48.7 Å². The Hall–Kier alpha value is -2.30. The van der Waals surface area contributed by atoms with Crippen molar-refractivity contribution in [2.75, 3.05) is 5.32 Å². The molecule has 25 heavy (non-hydrogen) atoms. The van der Waals surface area contributed by atoms with Crippen LogP contribution in [0.5, 0.6) is 0 Å². The number of nitrogens with zero attached hydrogens (tertiary/aromatic N) is 2. The summed E-state index contributed by atoms with van der Waals surface area (Å²) < 4.78 is 1.68. The molecule has 0 aliphatic carbocycles. The molecule has 1 N–H and O–H groups in total. The lowest BCUT2D eigenvalue weighted by Crippen LogP contribution is -2.14. The molecule has 1 amide bonds. The van der Waals surface area contributed by atoms with E-state index in [1.165, 1.54) is 0 Å². The van der Waals surface area contributed by atoms with E-state index < -0.39 is 0 Å². The Kier molecular flexibility index (Phi) is 5.11. The number of hydrogen-bond donors (Lipinski definition) is 1. The van der Waals surface area contributed by atoms with Gasteiger partial charge in [-0.3, -0.25) is 9.48 Å². The van der Waals surface area contributed by atoms with E-state index in [1.807, 2.05) is 56.3 Å². The van der Waals surface area contributed by atoms with Crippen LogP contribution in [-0.4, -0.2) is 15.7 Å². The van der Waals surface area contributed by atoms with Crippen molar-refractivity contribution < 1.29 is 4.79 Å². The molecule has 1 aromatic heterocycles. The number of rotatable bonds is 4. The molecule has 0 saturated carbocycles. The lowest BCUT2D eigenvalue weighted by atomic mass is 10.1. The van der Waals surface area contributed by atoms with Crippen LogP contribution < -0.4 is 5.32 Å². The topological polar surface area (TPSA) is 46.9 Å². The highest BCUT2D eigenvalue weighted by molar-refractivity contribution is 6.33. The second kappa shape index (κ2) is 7.30. The van der Waals surface area contributed by atoms with E-state index in [0.29, 0.717) is 28.0 Å². The van der Waals surface area contributed by atoms with Crippen molar-refractivity contribution >= 4 is 34.9 Å². The van der Waals surface area contributed by atoms with Crippen molar-refractivity contribution in [2.24, 2.45) is 0 Å². The maximum atomic E-state index is 12.5. The summed E-state index contributed by atoms with van der Waals surface area (Å²) in [6.07, 6.45) is 1.69. The molecule has 6 heteroatoms. The summed E-state index contributed by atoms with van der Waals surface area (Å²) in [6.45, 7) is 4.38. The number of nitrogens with one attached hydrogen (secondary N) is 1. The summed E-state index contributed by atoms with van der Waals surface area (Å²) in [4.78, 5) is 12.5. The van der Waals surface area contributed by atoms with Gasteiger partial charge in [-0.25, -0.2) is 0 Å². The third kappa shape index (κ3) is 4.21. The van der Waals surface area contributed by atoms with Crippen LogP contribution in [0, 0.1) is 13.8 Å². The van der Waals surface area contributed by atoms with E-state index in [9.17, 15) is 4.79 Å². The van der Waals surface area contributed by atoms with Gasteiger partial charge in [0.1, 0.15) is 5.02 Å². The molecule has 0 saturated heterocycles. The Morgan fingerprint density at radius 3 is 2.56 bits per heavy atom. The van der Waals surface area contributed by atoms with Gasteiger partial charge in [-0.05, 0) is 43.2 Å². The van der Waals surface area contributed by atoms with E-state index >= 15 is 0 Å². The highest BCUT2D eigenvalue weighted by Crippen LogP contribution is 2.22. The molecule has 3 aromatic rings. The number of aryl methyl sites for hydroxylation is 2. The second-order valence-electron chi connectivity index (χ2n) is 5.92. The predicted molar refractivity (Wildman–Crippen MR) is 102 cm³/mol. The minimum atomic E-state index is -0.222. The first-order valence-electron chi connectivity index (χ1n) is 7.78. The Morgan fingerprint density at radius 2 is 1.84 bits per heavy atom. The molecule has 0 unspecified atom stereocenters. The van der Waals surface area contributed by atoms with Gasteiger partial charge >= 0.3 is 0 Å². The summed E-state index contributed by atoms with van der Waals surface area (Å²) in [5, 5.41) is 8.23. The van der Waals surface area contributed by atoms with Crippen molar-refractivity contribution in [3.05, 3.63) is 81.0 Å². The van der Waals surface area contributed by atoms with Crippen LogP contribution in [0.2, 0.25) is 10.0 Å². The maximum Gasteiger partial charge on any atom is 0.257 e. The summed E-state index contributed by atoms with van der Waals surface area (Å²) in [6, 6.07) is 13.2. The zero-order chi connectivity index (χ0) is 18.0. The Labute approximate surface area is 156 Å². The third-order valence-corrected chi connectivity index (χ3v) is 4.37. The second-order valence-corrected chi connectivity index (χ2v) is 6.77. The number of benzene rings is 2. The van der Waals surface area contributed by atoms with Gasteiger partial charge in [-0.2, -0.15) is 5.10 Å². The Morgan fingerprint density at radius 1 is 1.12 bits per heavy atom. The summed E-state index contributed by atoms with van der Waals surface area (Å²) >= 11 is 12.1. The van der Waals surface area contributed by atoms with Gasteiger partial charge in [0.05, 0.1) is 6.54 Å². The average Bonchev–Trinajstić information content (AvgIpc) is 2.91. The number of carbonyl (C=O) groups excluding carboxylic acids is 1. The van der Waals surface area contributed by atoms with E-state index in [1.54, 1.807) is 10.9 Å². The highest BCUT2D eigenvalue weighted by atomic mass is 35.5. The molecule has 3 rings (SSSR count). The molecule has 0 atom stereocenters. The van der Waals surface area contributed by atoms with Gasteiger partial charge in [0, 0.05) is 16.8 Å². The molecule has 128 valence electrons. The summed E-state index contributed by atoms with van der Waals surface area (Å²) in [7, 11) is 0. The van der Waals surface area contributed by atoms with Gasteiger partial charge in [0.15, 0.2) is 5.82 Å². The molecule has 1 heterocycles. The maximum absolute atomic E-state index is 12.5. The quantitative estimate of drug-likeness (QED) is 0.690. The smallest absolute Gasteiger partial charge is 0.257 e. The van der Waals surface area contributed by atoms with Crippen molar-refractivity contribution in [1.29, 1.82) is 0 Å². The van der Waals surface area contributed by atoms with Crippen LogP contribution in [-0.2, 0) is 6.54 Å². The molecule has 2 aromatic carbocycles. The van der Waals surface area contributed by atoms with Crippen molar-refractivity contribution in [2.45, 2.75) is 20.4 Å². The fourth-order valence-electron chi connectivity index (χ4n) is 2.49. The minimum Gasteiger partial charge on any atom is -0.304 e. The first kappa shape index (κ1) is 17.5. The van der Waals surface area contributed by atoms with Crippen LogP contribution >= 0.6 is 23.2 Å². The molecule has 0 fully saturated rings. The molecule has 4 nitrogen and oxygen atoms in total. The van der Waals surface area contributed by atoms with Gasteiger partial charge < -0.3 is 5.32 Å². The zero-order valence-corrected chi connectivity index (χ0v) is 15.4. The molecule has 0 bridgehead atoms. The third-order valence-electron chi connectivity index (χ3n) is 3.84. The largest absolute Gasteiger partial charge is 0.304 e. The first-order valence-corrected chi connectivity index (χ1v) is 8.54. The molecule has 0 radical (unpaired) electrons. The summed E-state index contributed by atoms with van der Waals surface area (Å²) in [5.41, 5.74) is 3.58. The lowest BCUT2D eigenvalue weighted by molar-refractivity contribution is 0.102. The standard InChI is InChI=1S/C19H17Cl2N3O/c1-12-3-4-13(2)16(9-12)19(25)22-18-17(21)11-24(23-18)10-14-5-7-15(20)8-6-14/h3-9,11H,10H2,1-2H3,(H,22,23,25). The highest BCUT2D eigenvalue weighted by Gasteiger charge is 2.14. The fraction of sp³-hybridized carbons (Fsp3) is 0.158. The van der Waals surface area contributed by atoms with E-state index in [-0.39, 0.29) is 5.91 Å². The fourth-order valence-corrected chi connectivity index (χ4v) is 2.82. The van der Waals surface area contributed by atoms with Crippen molar-refractivity contribution in [3.63, 3.8) is 0 Å². The zero-order valence-electron chi connectivity index (χ0n) is 13.9. The number of carbonyl (C=O) groups is 1. The van der Waals surface area contributed by atoms with Crippen molar-refractivity contribution in [3.8, 4) is 0 Å². The molecule has 0 aliphatic heterocycles. The molecule has 0 aliphatic rings. The molecule has 0 spiro atoms. The number of halogens is 2. The van der Waals surface area contributed by atoms with Gasteiger partial charge in [0.2, 0.25) is 0 Å². The van der Waals surface area contributed by atoms with Gasteiger partial charge in [-0.1, -0.05) is 53.0 Å². The van der Waals surface area contributed by atoms with E-state index in [4.69, 9.17) is 23.2 Å². The van der Waals surface area contributed by atoms with E-state index in [0.717, 1.165) is 16.7 Å². The molecular formula is C19H17Cl2N3O. The predicted octanol–water partition coefficient (Wildman–Crippen LogP) is 5.11. The minimum absolute atomic E-state index is 0.222. The first-order chi connectivity index (χ1) is 11.9. The van der Waals surface area contributed by atoms with Crippen LogP contribution in [0.4, 0.5) is 5.82 Å². The number of amides is 1. The lowest BCUT2D eigenvalue weighted by Gasteiger charge is -2.07. The Balaban J connectivity index is 1.77. The van der Waals surface area contributed by atoms with Crippen molar-refractivity contribution in [1.82, 2.24) is 9.78 Å². The monoisotopic (exact) mass is 373 g/mol.